The van der Waals surface area contributed by atoms with Crippen LogP contribution in [0, 0.1) is 11.3 Å². The number of pyridine rings is 2. The lowest BCUT2D eigenvalue weighted by molar-refractivity contribution is 0.208. The largest absolute Gasteiger partial charge is 0.440 e. The smallest absolute Gasteiger partial charge is 0.205 e. The van der Waals surface area contributed by atoms with Crippen molar-refractivity contribution in [2.45, 2.75) is 25.8 Å². The molecule has 0 radical (unpaired) electrons. The molecule has 0 saturated carbocycles. The molecule has 6 heteroatoms. The van der Waals surface area contributed by atoms with E-state index in [1.165, 1.54) is 0 Å². The minimum Gasteiger partial charge on any atom is -0.440 e. The van der Waals surface area contributed by atoms with E-state index in [9.17, 15) is 5.26 Å². The minimum atomic E-state index is -0.267. The van der Waals surface area contributed by atoms with Crippen molar-refractivity contribution >= 4 is 6.08 Å². The van der Waals surface area contributed by atoms with Gasteiger partial charge in [0, 0.05) is 49.5 Å². The van der Waals surface area contributed by atoms with Crippen LogP contribution in [0.1, 0.15) is 30.9 Å². The number of nitriles is 1. The molecule has 6 nitrogen and oxygen atoms in total. The second kappa shape index (κ2) is 7.90. The van der Waals surface area contributed by atoms with Crippen LogP contribution in [0.2, 0.25) is 0 Å². The van der Waals surface area contributed by atoms with Crippen LogP contribution in [0.4, 0.5) is 0 Å². The molecule has 0 amide bonds. The highest BCUT2D eigenvalue weighted by Crippen LogP contribution is 2.43. The Morgan fingerprint density at radius 2 is 1.97 bits per heavy atom. The molecule has 2 aliphatic heterocycles. The van der Waals surface area contributed by atoms with Crippen molar-refractivity contribution in [1.82, 2.24) is 14.9 Å². The first kappa shape index (κ1) is 18.9. The summed E-state index contributed by atoms with van der Waals surface area (Å²) < 4.78 is 6.04. The van der Waals surface area contributed by atoms with Crippen molar-refractivity contribution in [3.05, 3.63) is 88.5 Å². The Bertz CT molecular complexity index is 1030. The van der Waals surface area contributed by atoms with Crippen LogP contribution in [0.25, 0.3) is 6.08 Å². The van der Waals surface area contributed by atoms with Crippen molar-refractivity contribution in [2.24, 2.45) is 5.73 Å². The molecule has 0 fully saturated rings. The average molecular weight is 385 g/mol. The Labute approximate surface area is 170 Å². The molecule has 0 aliphatic carbocycles. The lowest BCUT2D eigenvalue weighted by Gasteiger charge is -2.39. The zero-order valence-corrected chi connectivity index (χ0v) is 16.5. The average Bonchev–Trinajstić information content (AvgIpc) is 2.74. The van der Waals surface area contributed by atoms with Crippen LogP contribution in [0.5, 0.6) is 0 Å². The van der Waals surface area contributed by atoms with Crippen LogP contribution in [-0.4, -0.2) is 34.0 Å². The molecule has 29 heavy (non-hydrogen) atoms. The summed E-state index contributed by atoms with van der Waals surface area (Å²) in [6.45, 7) is 5.78. The maximum Gasteiger partial charge on any atom is 0.205 e. The monoisotopic (exact) mass is 385 g/mol. The number of nitrogens with two attached hydrogens (primary N) is 1. The Balaban J connectivity index is 1.89. The van der Waals surface area contributed by atoms with Gasteiger partial charge in [-0.3, -0.25) is 14.9 Å². The first-order valence-electron chi connectivity index (χ1n) is 9.64. The third-order valence-electron chi connectivity index (χ3n) is 5.34. The van der Waals surface area contributed by atoms with Crippen LogP contribution in [-0.2, 0) is 4.74 Å². The van der Waals surface area contributed by atoms with E-state index in [2.05, 4.69) is 40.9 Å². The van der Waals surface area contributed by atoms with E-state index in [0.29, 0.717) is 18.2 Å². The molecular weight excluding hydrogens is 362 g/mol. The predicted octanol–water partition coefficient (Wildman–Crippen LogP) is 3.35. The third-order valence-corrected chi connectivity index (χ3v) is 5.34. The van der Waals surface area contributed by atoms with Crippen molar-refractivity contribution in [3.8, 4) is 6.07 Å². The first-order chi connectivity index (χ1) is 14.1. The standard InChI is InChI=1S/C23H23N5O/c1-15(2)28-13-18(9-16-5-3-7-26-11-16)22-20(14-28)21(17-6-4-8-27-12-17)19(10-24)23(25)29-22/h3-9,11-12,15,21H,13-14,25H2,1-2H3. The van der Waals surface area contributed by atoms with Crippen molar-refractivity contribution < 1.29 is 4.74 Å². The summed E-state index contributed by atoms with van der Waals surface area (Å²) >= 11 is 0. The quantitative estimate of drug-likeness (QED) is 0.872. The van der Waals surface area contributed by atoms with E-state index in [1.807, 2.05) is 30.5 Å². The van der Waals surface area contributed by atoms with Crippen molar-refractivity contribution in [2.75, 3.05) is 13.1 Å². The molecule has 2 aromatic heterocycles. The lowest BCUT2D eigenvalue weighted by Crippen LogP contribution is -2.41. The molecule has 2 aliphatic rings. The Kier molecular flexibility index (Phi) is 5.15. The van der Waals surface area contributed by atoms with Gasteiger partial charge in [-0.25, -0.2) is 0 Å². The Morgan fingerprint density at radius 1 is 1.21 bits per heavy atom. The van der Waals surface area contributed by atoms with E-state index in [1.54, 1.807) is 18.6 Å². The fourth-order valence-electron chi connectivity index (χ4n) is 3.85. The number of ether oxygens (including phenoxy) is 1. The van der Waals surface area contributed by atoms with Crippen LogP contribution in [0.3, 0.4) is 0 Å². The van der Waals surface area contributed by atoms with Crippen LogP contribution < -0.4 is 5.73 Å². The lowest BCUT2D eigenvalue weighted by atomic mass is 9.80. The van der Waals surface area contributed by atoms with Gasteiger partial charge >= 0.3 is 0 Å². The molecule has 1 atom stereocenters. The second-order valence-electron chi connectivity index (χ2n) is 7.52. The summed E-state index contributed by atoms with van der Waals surface area (Å²) in [6.07, 6.45) is 9.19. The number of rotatable bonds is 3. The van der Waals surface area contributed by atoms with Gasteiger partial charge in [-0.2, -0.15) is 5.26 Å². The van der Waals surface area contributed by atoms with Gasteiger partial charge < -0.3 is 10.5 Å². The summed E-state index contributed by atoms with van der Waals surface area (Å²) in [5, 5.41) is 9.81. The number of aromatic nitrogens is 2. The fourth-order valence-corrected chi connectivity index (χ4v) is 3.85. The number of allylic oxidation sites excluding steroid dienone is 1. The maximum absolute atomic E-state index is 9.81. The highest BCUT2D eigenvalue weighted by Gasteiger charge is 2.38. The topological polar surface area (TPSA) is 88.1 Å². The summed E-state index contributed by atoms with van der Waals surface area (Å²) in [5.74, 6) is 0.655. The van der Waals surface area contributed by atoms with E-state index in [-0.39, 0.29) is 11.8 Å². The molecule has 0 aromatic carbocycles. The molecule has 146 valence electrons. The molecule has 0 saturated heterocycles. The molecule has 0 spiro atoms. The normalized spacial score (nSPS) is 21.2. The SMILES string of the molecule is CC(C)N1CC(=Cc2cccnc2)C2=C(C1)C(c1cccnc1)C(C#N)=C(N)O2. The highest BCUT2D eigenvalue weighted by molar-refractivity contribution is 5.62. The molecule has 0 bridgehead atoms. The summed E-state index contributed by atoms with van der Waals surface area (Å²) in [6, 6.07) is 10.4. The van der Waals surface area contributed by atoms with Gasteiger partial charge in [0.25, 0.3) is 0 Å². The van der Waals surface area contributed by atoms with E-state index in [4.69, 9.17) is 10.5 Å². The number of hydrogen-bond donors (Lipinski definition) is 1. The first-order valence-corrected chi connectivity index (χ1v) is 9.64. The van der Waals surface area contributed by atoms with Gasteiger partial charge in [-0.15, -0.1) is 0 Å². The van der Waals surface area contributed by atoms with Gasteiger partial charge in [0.1, 0.15) is 17.4 Å². The van der Waals surface area contributed by atoms with Crippen LogP contribution >= 0.6 is 0 Å². The molecule has 4 rings (SSSR count). The highest BCUT2D eigenvalue weighted by atomic mass is 16.5. The van der Waals surface area contributed by atoms with Crippen LogP contribution in [0.15, 0.2) is 77.4 Å². The van der Waals surface area contributed by atoms with Gasteiger partial charge in [-0.05, 0) is 48.8 Å². The molecule has 2 aromatic rings. The Morgan fingerprint density at radius 3 is 2.59 bits per heavy atom. The summed E-state index contributed by atoms with van der Waals surface area (Å²) in [5.41, 5.74) is 10.6. The van der Waals surface area contributed by atoms with Gasteiger partial charge in [0.15, 0.2) is 0 Å². The third kappa shape index (κ3) is 3.65. The van der Waals surface area contributed by atoms with E-state index < -0.39 is 0 Å². The summed E-state index contributed by atoms with van der Waals surface area (Å²) in [4.78, 5) is 10.8. The predicted molar refractivity (Wildman–Crippen MR) is 111 cm³/mol. The Hall–Kier alpha value is -3.43. The zero-order valence-electron chi connectivity index (χ0n) is 16.5. The number of hydrogen-bond acceptors (Lipinski definition) is 6. The van der Waals surface area contributed by atoms with Crippen molar-refractivity contribution in [3.63, 3.8) is 0 Å². The second-order valence-corrected chi connectivity index (χ2v) is 7.52. The minimum absolute atomic E-state index is 0.162. The zero-order chi connectivity index (χ0) is 20.4. The molecule has 4 heterocycles. The molecular formula is C23H23N5O. The maximum atomic E-state index is 9.81. The van der Waals surface area contributed by atoms with Gasteiger partial charge in [0.05, 0.1) is 5.92 Å². The van der Waals surface area contributed by atoms with E-state index >= 15 is 0 Å². The summed E-state index contributed by atoms with van der Waals surface area (Å²) in [7, 11) is 0. The van der Waals surface area contributed by atoms with Crippen molar-refractivity contribution in [1.29, 1.82) is 5.26 Å². The van der Waals surface area contributed by atoms with Gasteiger partial charge in [0.2, 0.25) is 5.88 Å². The van der Waals surface area contributed by atoms with Gasteiger partial charge in [-0.1, -0.05) is 12.1 Å². The fraction of sp³-hybridized carbons (Fsp3) is 0.261. The molecule has 2 N–H and O–H groups in total. The molecule has 1 unspecified atom stereocenters. The number of nitrogens with zero attached hydrogens (tertiary/aromatic N) is 4. The van der Waals surface area contributed by atoms with E-state index in [0.717, 1.165) is 34.6 Å².